The number of aliphatic hydroxyl groups is 3. The van der Waals surface area contributed by atoms with Crippen LogP contribution in [0.15, 0.2) is 24.8 Å². The SMILES string of the molecule is C=CCOC(=O)C(=C)C.CCOCC.OCC(O)CO. The van der Waals surface area contributed by atoms with Gasteiger partial charge in [-0.3, -0.25) is 0 Å². The normalized spacial score (nSPS) is 8.75. The minimum Gasteiger partial charge on any atom is -0.458 e. The highest BCUT2D eigenvalue weighted by atomic mass is 16.5. The molecule has 0 saturated carbocycles. The lowest BCUT2D eigenvalue weighted by Crippen LogP contribution is -2.15. The Balaban J connectivity index is -0.000000230. The van der Waals surface area contributed by atoms with E-state index in [9.17, 15) is 4.79 Å². The molecule has 20 heavy (non-hydrogen) atoms. The van der Waals surface area contributed by atoms with Crippen molar-refractivity contribution < 1.29 is 29.6 Å². The number of ether oxygens (including phenoxy) is 2. The molecule has 0 aromatic heterocycles. The number of rotatable bonds is 7. The highest BCUT2D eigenvalue weighted by molar-refractivity contribution is 5.86. The third kappa shape index (κ3) is 25.6. The van der Waals surface area contributed by atoms with Gasteiger partial charge in [-0.15, -0.1) is 0 Å². The van der Waals surface area contributed by atoms with Crippen LogP contribution < -0.4 is 0 Å². The average molecular weight is 292 g/mol. The molecule has 0 unspecified atom stereocenters. The van der Waals surface area contributed by atoms with Crippen LogP contribution in [-0.4, -0.2) is 60.4 Å². The number of carbonyl (C=O) groups excluding carboxylic acids is 1. The summed E-state index contributed by atoms with van der Waals surface area (Å²) in [5.74, 6) is -0.366. The number of esters is 1. The summed E-state index contributed by atoms with van der Waals surface area (Å²) in [6.07, 6.45) is 0.561. The second-order valence-corrected chi connectivity index (χ2v) is 3.47. The fraction of sp³-hybridized carbons (Fsp3) is 0.643. The van der Waals surface area contributed by atoms with Gasteiger partial charge < -0.3 is 24.8 Å². The van der Waals surface area contributed by atoms with Crippen molar-refractivity contribution in [3.05, 3.63) is 24.8 Å². The van der Waals surface area contributed by atoms with E-state index in [-0.39, 0.29) is 25.8 Å². The molecule has 0 aromatic carbocycles. The molecule has 0 amide bonds. The molecular formula is C14H28O6. The first-order valence-corrected chi connectivity index (χ1v) is 6.32. The van der Waals surface area contributed by atoms with E-state index in [1.54, 1.807) is 6.92 Å². The number of hydrogen-bond acceptors (Lipinski definition) is 6. The molecule has 6 heteroatoms. The molecule has 0 aliphatic heterocycles. The van der Waals surface area contributed by atoms with Crippen LogP contribution >= 0.6 is 0 Å². The molecule has 0 heterocycles. The molecule has 0 radical (unpaired) electrons. The fourth-order valence-corrected chi connectivity index (χ4v) is 0.520. The Morgan fingerprint density at radius 1 is 1.25 bits per heavy atom. The van der Waals surface area contributed by atoms with Crippen molar-refractivity contribution in [1.82, 2.24) is 0 Å². The van der Waals surface area contributed by atoms with E-state index in [1.165, 1.54) is 6.08 Å². The van der Waals surface area contributed by atoms with Gasteiger partial charge in [-0.05, 0) is 20.8 Å². The number of carbonyl (C=O) groups is 1. The molecule has 0 saturated heterocycles. The fourth-order valence-electron chi connectivity index (χ4n) is 0.520. The summed E-state index contributed by atoms with van der Waals surface area (Å²) in [5.41, 5.74) is 0.414. The van der Waals surface area contributed by atoms with Crippen molar-refractivity contribution in [3.8, 4) is 0 Å². The molecular weight excluding hydrogens is 264 g/mol. The molecule has 0 rings (SSSR count). The maximum absolute atomic E-state index is 10.5. The van der Waals surface area contributed by atoms with Crippen molar-refractivity contribution in [2.45, 2.75) is 26.9 Å². The van der Waals surface area contributed by atoms with Gasteiger partial charge in [0.15, 0.2) is 0 Å². The van der Waals surface area contributed by atoms with Crippen LogP contribution in [0.4, 0.5) is 0 Å². The molecule has 0 aromatic rings. The smallest absolute Gasteiger partial charge is 0.333 e. The summed E-state index contributed by atoms with van der Waals surface area (Å²) < 4.78 is 9.43. The van der Waals surface area contributed by atoms with E-state index in [2.05, 4.69) is 17.9 Å². The van der Waals surface area contributed by atoms with E-state index in [0.29, 0.717) is 5.57 Å². The summed E-state index contributed by atoms with van der Waals surface area (Å²) in [6.45, 7) is 13.6. The quantitative estimate of drug-likeness (QED) is 0.362. The summed E-state index contributed by atoms with van der Waals surface area (Å²) in [5, 5.41) is 24.0. The summed E-state index contributed by atoms with van der Waals surface area (Å²) in [4.78, 5) is 10.5. The van der Waals surface area contributed by atoms with Gasteiger partial charge in [0.05, 0.1) is 13.2 Å². The maximum Gasteiger partial charge on any atom is 0.333 e. The van der Waals surface area contributed by atoms with E-state index in [1.807, 2.05) is 13.8 Å². The van der Waals surface area contributed by atoms with Crippen LogP contribution in [0.1, 0.15) is 20.8 Å². The standard InChI is InChI=1S/C7H10O2.C4H10O.C3H8O3/c1-4-5-9-7(8)6(2)3;1-3-5-4-2;4-1-3(6)2-5/h4H,1-2,5H2,3H3;3-4H2,1-2H3;3-6H,1-2H2. The topological polar surface area (TPSA) is 96.2 Å². The first-order chi connectivity index (χ1) is 9.40. The first kappa shape index (κ1) is 23.9. The van der Waals surface area contributed by atoms with Gasteiger partial charge in [0, 0.05) is 18.8 Å². The van der Waals surface area contributed by atoms with Gasteiger partial charge in [0.1, 0.15) is 12.7 Å². The Hall–Kier alpha value is -1.21. The van der Waals surface area contributed by atoms with Crippen molar-refractivity contribution >= 4 is 5.97 Å². The predicted octanol–water partition coefficient (Wildman–Crippen LogP) is 0.666. The summed E-state index contributed by atoms with van der Waals surface area (Å²) in [6, 6.07) is 0. The predicted molar refractivity (Wildman–Crippen MR) is 78.3 cm³/mol. The first-order valence-electron chi connectivity index (χ1n) is 6.32. The highest BCUT2D eigenvalue weighted by Gasteiger charge is 1.98. The molecule has 6 nitrogen and oxygen atoms in total. The molecule has 3 N–H and O–H groups in total. The van der Waals surface area contributed by atoms with Crippen LogP contribution in [0.3, 0.4) is 0 Å². The van der Waals surface area contributed by atoms with E-state index < -0.39 is 6.10 Å². The third-order valence-corrected chi connectivity index (χ3v) is 1.51. The number of hydrogen-bond donors (Lipinski definition) is 3. The molecule has 0 aliphatic carbocycles. The molecule has 120 valence electrons. The summed E-state index contributed by atoms with van der Waals surface area (Å²) in [7, 11) is 0. The van der Waals surface area contributed by atoms with Crippen LogP contribution in [0, 0.1) is 0 Å². The summed E-state index contributed by atoms with van der Waals surface area (Å²) >= 11 is 0. The Bertz CT molecular complexity index is 234. The minimum atomic E-state index is -0.954. The second-order valence-electron chi connectivity index (χ2n) is 3.47. The molecule has 0 aliphatic rings. The van der Waals surface area contributed by atoms with Crippen LogP contribution in [0.2, 0.25) is 0 Å². The van der Waals surface area contributed by atoms with Gasteiger partial charge in [-0.2, -0.15) is 0 Å². The van der Waals surface area contributed by atoms with Crippen LogP contribution in [0.5, 0.6) is 0 Å². The van der Waals surface area contributed by atoms with Crippen molar-refractivity contribution in [1.29, 1.82) is 0 Å². The maximum atomic E-state index is 10.5. The lowest BCUT2D eigenvalue weighted by atomic mass is 10.4. The Morgan fingerprint density at radius 2 is 1.70 bits per heavy atom. The van der Waals surface area contributed by atoms with Gasteiger partial charge in [0.25, 0.3) is 0 Å². The zero-order valence-electron chi connectivity index (χ0n) is 12.7. The molecule has 0 spiro atoms. The second kappa shape index (κ2) is 20.1. The van der Waals surface area contributed by atoms with Gasteiger partial charge in [-0.25, -0.2) is 4.79 Å². The Morgan fingerprint density at radius 3 is 1.85 bits per heavy atom. The Kier molecular flexibility index (Phi) is 24.0. The third-order valence-electron chi connectivity index (χ3n) is 1.51. The zero-order chi connectivity index (χ0) is 16.4. The van der Waals surface area contributed by atoms with Crippen molar-refractivity contribution in [3.63, 3.8) is 0 Å². The van der Waals surface area contributed by atoms with Crippen molar-refractivity contribution in [2.75, 3.05) is 33.0 Å². The minimum absolute atomic E-state index is 0.256. The Labute approximate surface area is 121 Å². The van der Waals surface area contributed by atoms with Gasteiger partial charge >= 0.3 is 5.97 Å². The number of aliphatic hydroxyl groups excluding tert-OH is 3. The van der Waals surface area contributed by atoms with Crippen LogP contribution in [-0.2, 0) is 14.3 Å². The lowest BCUT2D eigenvalue weighted by Gasteiger charge is -1.97. The highest BCUT2D eigenvalue weighted by Crippen LogP contribution is 1.90. The van der Waals surface area contributed by atoms with E-state index in [0.717, 1.165) is 13.2 Å². The van der Waals surface area contributed by atoms with Gasteiger partial charge in [0.2, 0.25) is 0 Å². The van der Waals surface area contributed by atoms with Gasteiger partial charge in [-0.1, -0.05) is 19.2 Å². The average Bonchev–Trinajstić information content (AvgIpc) is 2.45. The molecule has 0 bridgehead atoms. The van der Waals surface area contributed by atoms with E-state index in [4.69, 9.17) is 20.1 Å². The molecule has 0 atom stereocenters. The largest absolute Gasteiger partial charge is 0.458 e. The van der Waals surface area contributed by atoms with E-state index >= 15 is 0 Å². The van der Waals surface area contributed by atoms with Crippen molar-refractivity contribution in [2.24, 2.45) is 0 Å². The monoisotopic (exact) mass is 292 g/mol. The zero-order valence-corrected chi connectivity index (χ0v) is 12.7. The lowest BCUT2D eigenvalue weighted by molar-refractivity contribution is -0.137. The molecule has 0 fully saturated rings. The van der Waals surface area contributed by atoms with Crippen LogP contribution in [0.25, 0.3) is 0 Å².